The van der Waals surface area contributed by atoms with Crippen LogP contribution in [0.2, 0.25) is 0 Å². The van der Waals surface area contributed by atoms with E-state index < -0.39 is 0 Å². The molecule has 8 bridgehead atoms. The third-order valence-corrected chi connectivity index (χ3v) is 7.54. The van der Waals surface area contributed by atoms with E-state index >= 15 is 0 Å². The first-order chi connectivity index (χ1) is 19.8. The summed E-state index contributed by atoms with van der Waals surface area (Å²) >= 11 is 0. The van der Waals surface area contributed by atoms with Crippen molar-refractivity contribution in [1.29, 1.82) is 0 Å². The van der Waals surface area contributed by atoms with Gasteiger partial charge in [-0.25, -0.2) is 0 Å². The normalized spacial score (nSPS) is 16.9. The van der Waals surface area contributed by atoms with Gasteiger partial charge < -0.3 is 50.9 Å². The second-order valence-corrected chi connectivity index (χ2v) is 9.91. The van der Waals surface area contributed by atoms with Crippen LogP contribution < -0.4 is 52.3 Å². The van der Waals surface area contributed by atoms with Crippen molar-refractivity contribution >= 4 is 69.1 Å². The van der Waals surface area contributed by atoms with Gasteiger partial charge in [0.15, 0.2) is 0 Å². The summed E-state index contributed by atoms with van der Waals surface area (Å²) < 4.78 is 0. The average Bonchev–Trinajstić information content (AvgIpc) is 3.73. The zero-order valence-corrected chi connectivity index (χ0v) is 23.6. The van der Waals surface area contributed by atoms with Crippen LogP contribution in [-0.4, -0.2) is 11.0 Å². The van der Waals surface area contributed by atoms with Crippen LogP contribution in [0, 0.1) is 0 Å². The first-order valence-electron chi connectivity index (χ1n) is 13.2. The fourth-order valence-electron chi connectivity index (χ4n) is 5.67. The minimum absolute atomic E-state index is 0. The summed E-state index contributed by atoms with van der Waals surface area (Å²) in [7, 11) is 0. The number of rotatable bonds is 0. The molecule has 0 spiro atoms. The Morgan fingerprint density at radius 3 is 1.40 bits per heavy atom. The van der Waals surface area contributed by atoms with E-state index in [2.05, 4.69) is 36.5 Å². The van der Waals surface area contributed by atoms with Crippen LogP contribution in [0.15, 0.2) is 80.7 Å². The summed E-state index contributed by atoms with van der Waals surface area (Å²) in [6.07, 6.45) is 14.2. The van der Waals surface area contributed by atoms with Gasteiger partial charge in [-0.05, 0) is 56.0 Å². The van der Waals surface area contributed by atoms with E-state index in [9.17, 15) is 0 Å². The summed E-state index contributed by atoms with van der Waals surface area (Å²) in [6.45, 7) is 0. The maximum atomic E-state index is 4.98. The molecule has 11 heteroatoms. The fourth-order valence-corrected chi connectivity index (χ4v) is 5.67. The number of allylic oxidation sites excluding steroid dienone is 2. The third kappa shape index (κ3) is 4.26. The van der Waals surface area contributed by atoms with Gasteiger partial charge in [-0.2, -0.15) is 0 Å². The van der Waals surface area contributed by atoms with Crippen molar-refractivity contribution in [3.63, 3.8) is 0 Å². The van der Waals surface area contributed by atoms with Crippen molar-refractivity contribution in [2.45, 2.75) is 12.8 Å². The van der Waals surface area contributed by atoms with E-state index in [-0.39, 0.29) is 28.0 Å². The van der Waals surface area contributed by atoms with Crippen molar-refractivity contribution in [2.75, 3.05) is 0 Å². The number of hydrogen-bond acceptors (Lipinski definition) is 4. The molecule has 2 aromatic carbocycles. The van der Waals surface area contributed by atoms with Crippen LogP contribution in [0.1, 0.15) is 24.0 Å². The molecule has 0 amide bonds. The van der Waals surface area contributed by atoms with Gasteiger partial charge in [-0.15, -0.1) is 0 Å². The Hall–Kier alpha value is -5.06. The van der Waals surface area contributed by atoms with Gasteiger partial charge in [0.25, 0.3) is 0 Å². The summed E-state index contributed by atoms with van der Waals surface area (Å²) in [6, 6.07) is 16.0. The molecule has 2 aliphatic carbocycles. The Morgan fingerprint density at radius 1 is 0.465 bits per heavy atom. The summed E-state index contributed by atoms with van der Waals surface area (Å²) in [4.78, 5) is 39.4. The molecule has 43 heavy (non-hydrogen) atoms. The second kappa shape index (κ2) is 10.6. The Balaban J connectivity index is 0.00000110. The van der Waals surface area contributed by atoms with Gasteiger partial charge in [-0.3, -0.25) is 0 Å². The predicted octanol–water partition coefficient (Wildman–Crippen LogP) is 0.683. The van der Waals surface area contributed by atoms with Crippen LogP contribution in [0.5, 0.6) is 0 Å². The maximum absolute atomic E-state index is 4.98. The average molecular weight is 606 g/mol. The number of nitrogens with zero attached hydrogens (tertiary/aromatic N) is 8. The predicted molar refractivity (Wildman–Crippen MR) is 160 cm³/mol. The molecule has 0 atom stereocenters. The van der Waals surface area contributed by atoms with Crippen LogP contribution in [0.25, 0.3) is 45.8 Å². The number of aromatic nitrogens is 4. The molecule has 1 radical (unpaired) electrons. The van der Waals surface area contributed by atoms with E-state index in [0.29, 0.717) is 45.2 Å². The van der Waals surface area contributed by atoms with Gasteiger partial charge in [-0.1, -0.05) is 85.0 Å². The third-order valence-electron chi connectivity index (χ3n) is 7.54. The number of fused-ring (bicyclic) bond motifs is 20. The smallest absolute Gasteiger partial charge is 0.0184 e. The van der Waals surface area contributed by atoms with Crippen molar-refractivity contribution in [2.24, 2.45) is 20.0 Å². The molecule has 6 aromatic rings. The van der Waals surface area contributed by atoms with Crippen LogP contribution >= 0.6 is 0 Å². The SMILES string of the molecule is C1=Cc2c3[n-]/c(c2=CC1)=N\c1[n-]/c(c2c1C=CCC=2)=N\c1[n-]c(c2ccccc12)/N=c1\[n-]/c(c2ccccc12)=N\3.O.O.[Mn]. The summed E-state index contributed by atoms with van der Waals surface area (Å²) in [5.41, 5.74) is 4.18. The van der Waals surface area contributed by atoms with Crippen LogP contribution in [0.4, 0.5) is 23.3 Å². The maximum Gasteiger partial charge on any atom is 0.0184 e. The summed E-state index contributed by atoms with van der Waals surface area (Å²) in [5, 5.41) is 5.53. The monoisotopic (exact) mass is 605 g/mol. The molecule has 10 nitrogen and oxygen atoms in total. The topological polar surface area (TPSA) is 169 Å². The fraction of sp³-hybridized carbons (Fsp3) is 0.0625. The van der Waals surface area contributed by atoms with Gasteiger partial charge in [0.2, 0.25) is 0 Å². The quantitative estimate of drug-likeness (QED) is 0.232. The Morgan fingerprint density at radius 2 is 0.884 bits per heavy atom. The molecule has 4 N–H and O–H groups in total. The zero-order valence-electron chi connectivity index (χ0n) is 22.5. The van der Waals surface area contributed by atoms with E-state index in [0.717, 1.165) is 56.0 Å². The second-order valence-electron chi connectivity index (χ2n) is 9.91. The van der Waals surface area contributed by atoms with Gasteiger partial charge in [0, 0.05) is 62.3 Å². The molecule has 1 aliphatic heterocycles. The Kier molecular flexibility index (Phi) is 6.95. The van der Waals surface area contributed by atoms with Gasteiger partial charge in [0.1, 0.15) is 0 Å². The van der Waals surface area contributed by atoms with Crippen molar-refractivity contribution in [1.82, 2.24) is 19.9 Å². The summed E-state index contributed by atoms with van der Waals surface area (Å²) in [5.74, 6) is 2.30. The first kappa shape index (κ1) is 28.1. The van der Waals surface area contributed by atoms with Gasteiger partial charge >= 0.3 is 0 Å². The molecule has 0 fully saturated rings. The molecule has 0 unspecified atom stereocenters. The Labute approximate surface area is 253 Å². The number of hydrogen-bond donors (Lipinski definition) is 0. The molecule has 0 saturated carbocycles. The van der Waals surface area contributed by atoms with Crippen molar-refractivity contribution in [3.05, 3.63) is 104 Å². The molecular formula is C32H22MnN8O2-4. The van der Waals surface area contributed by atoms with E-state index in [4.69, 9.17) is 39.9 Å². The minimum Gasteiger partial charge on any atom is -0.412 e. The van der Waals surface area contributed by atoms with E-state index in [1.807, 2.05) is 48.5 Å². The van der Waals surface area contributed by atoms with Crippen molar-refractivity contribution in [3.8, 4) is 0 Å². The molecule has 0 saturated heterocycles. The van der Waals surface area contributed by atoms with E-state index in [1.165, 1.54) is 0 Å². The van der Waals surface area contributed by atoms with Crippen LogP contribution in [-0.2, 0) is 17.1 Å². The molecule has 5 heterocycles. The van der Waals surface area contributed by atoms with Crippen molar-refractivity contribution < 1.29 is 28.0 Å². The molecular weight excluding hydrogens is 583 g/mol. The molecule has 9 rings (SSSR count). The van der Waals surface area contributed by atoms with Crippen LogP contribution in [0.3, 0.4) is 0 Å². The zero-order chi connectivity index (χ0) is 26.2. The molecule has 4 aromatic heterocycles. The minimum atomic E-state index is 0. The first-order valence-corrected chi connectivity index (χ1v) is 13.2. The largest absolute Gasteiger partial charge is 0.412 e. The van der Waals surface area contributed by atoms with E-state index in [1.54, 1.807) is 0 Å². The molecule has 213 valence electrons. The Bertz CT molecular complexity index is 2510. The number of benzene rings is 2. The molecule has 3 aliphatic rings. The van der Waals surface area contributed by atoms with Gasteiger partial charge in [0.05, 0.1) is 0 Å². The standard InChI is InChI=1S/C32H18N8.Mn.2H2O/c1-2-10-18-17(9-1)25-33-26(18)38-28-21-13-5-6-14-22(21)30(35-28)40-32-24-16-8-7-15-23(24)31(36-32)39-29-20-12-4-3-11-19(20)27(34-29)37-25;;;/h1-5,8-16H,6-7H2;;2*1H2/q-4;;;.